The number of hydrogen-bond donors (Lipinski definition) is 1. The third kappa shape index (κ3) is 8.32. The van der Waals surface area contributed by atoms with Gasteiger partial charge in [0, 0.05) is 21.6 Å². The summed E-state index contributed by atoms with van der Waals surface area (Å²) in [6.45, 7) is 8.90. The summed E-state index contributed by atoms with van der Waals surface area (Å²) >= 11 is 9.45. The summed E-state index contributed by atoms with van der Waals surface area (Å²) in [5.74, 6) is -0.821. The summed E-state index contributed by atoms with van der Waals surface area (Å²) in [7, 11) is -4.12. The molecule has 1 N–H and O–H groups in total. The van der Waals surface area contributed by atoms with Crippen LogP contribution in [0.1, 0.15) is 45.2 Å². The molecule has 0 fully saturated rings. The van der Waals surface area contributed by atoms with E-state index < -0.39 is 34.1 Å². The van der Waals surface area contributed by atoms with Crippen LogP contribution in [0.5, 0.6) is 0 Å². The summed E-state index contributed by atoms with van der Waals surface area (Å²) in [4.78, 5) is 28.9. The van der Waals surface area contributed by atoms with Crippen molar-refractivity contribution in [2.24, 2.45) is 0 Å². The lowest BCUT2D eigenvalue weighted by Crippen LogP contribution is -2.55. The van der Waals surface area contributed by atoms with Crippen molar-refractivity contribution in [1.29, 1.82) is 0 Å². The van der Waals surface area contributed by atoms with Crippen molar-refractivity contribution in [2.75, 3.05) is 10.8 Å². The molecule has 0 bridgehead atoms. The second kappa shape index (κ2) is 13.2. The van der Waals surface area contributed by atoms with Crippen molar-refractivity contribution in [2.45, 2.75) is 64.1 Å². The molecular formula is C30H35BrClN3O4S. The Bertz CT molecular complexity index is 1420. The molecule has 3 rings (SSSR count). The summed E-state index contributed by atoms with van der Waals surface area (Å²) < 4.78 is 29.6. The maximum atomic E-state index is 14.1. The van der Waals surface area contributed by atoms with E-state index in [1.807, 2.05) is 34.6 Å². The van der Waals surface area contributed by atoms with Crippen LogP contribution in [0.4, 0.5) is 5.69 Å². The normalized spacial score (nSPS) is 12.5. The number of carbonyl (C=O) groups excluding carboxylic acids is 2. The van der Waals surface area contributed by atoms with Crippen LogP contribution in [0.25, 0.3) is 0 Å². The van der Waals surface area contributed by atoms with Crippen molar-refractivity contribution in [3.05, 3.63) is 93.4 Å². The molecule has 40 heavy (non-hydrogen) atoms. The number of aryl methyl sites for hydroxylation is 1. The number of rotatable bonds is 10. The van der Waals surface area contributed by atoms with Crippen molar-refractivity contribution in [3.8, 4) is 0 Å². The van der Waals surface area contributed by atoms with Gasteiger partial charge in [0.2, 0.25) is 11.8 Å². The number of benzene rings is 3. The maximum absolute atomic E-state index is 14.1. The van der Waals surface area contributed by atoms with Gasteiger partial charge in [0.15, 0.2) is 0 Å². The molecule has 0 saturated heterocycles. The van der Waals surface area contributed by atoms with Gasteiger partial charge in [-0.25, -0.2) is 8.42 Å². The third-order valence-corrected chi connectivity index (χ3v) is 8.72. The van der Waals surface area contributed by atoms with E-state index in [4.69, 9.17) is 11.6 Å². The average Bonchev–Trinajstić information content (AvgIpc) is 2.88. The molecule has 2 amide bonds. The Balaban J connectivity index is 2.06. The van der Waals surface area contributed by atoms with E-state index in [0.717, 1.165) is 19.9 Å². The van der Waals surface area contributed by atoms with Gasteiger partial charge >= 0.3 is 0 Å². The van der Waals surface area contributed by atoms with Crippen LogP contribution in [0.2, 0.25) is 5.02 Å². The molecule has 0 aliphatic rings. The Labute approximate surface area is 250 Å². The SMILES string of the molecule is CC[C@@H](C(=O)NC(C)(C)C)N(Cc1ccc(Cl)cc1)C(=O)CN(c1ccc(Br)cc1)S(=O)(=O)c1ccc(C)cc1. The van der Waals surface area contributed by atoms with Crippen LogP contribution in [0.3, 0.4) is 0 Å². The molecule has 0 spiro atoms. The van der Waals surface area contributed by atoms with E-state index in [-0.39, 0.29) is 17.3 Å². The van der Waals surface area contributed by atoms with Crippen LogP contribution >= 0.6 is 27.5 Å². The van der Waals surface area contributed by atoms with E-state index in [1.165, 1.54) is 17.0 Å². The monoisotopic (exact) mass is 647 g/mol. The lowest BCUT2D eigenvalue weighted by Gasteiger charge is -2.34. The number of nitrogens with one attached hydrogen (secondary N) is 1. The lowest BCUT2D eigenvalue weighted by atomic mass is 10.1. The third-order valence-electron chi connectivity index (χ3n) is 6.15. The first-order chi connectivity index (χ1) is 18.7. The molecule has 7 nitrogen and oxygen atoms in total. The van der Waals surface area contributed by atoms with E-state index in [2.05, 4.69) is 21.2 Å². The zero-order chi connectivity index (χ0) is 29.7. The quantitative estimate of drug-likeness (QED) is 0.279. The highest BCUT2D eigenvalue weighted by molar-refractivity contribution is 9.10. The minimum absolute atomic E-state index is 0.0654. The van der Waals surface area contributed by atoms with Crippen molar-refractivity contribution in [3.63, 3.8) is 0 Å². The van der Waals surface area contributed by atoms with Gasteiger partial charge in [0.1, 0.15) is 12.6 Å². The molecule has 0 saturated carbocycles. The molecule has 0 aliphatic carbocycles. The first kappa shape index (κ1) is 31.6. The molecule has 0 radical (unpaired) electrons. The van der Waals surface area contributed by atoms with Gasteiger partial charge in [0.25, 0.3) is 10.0 Å². The smallest absolute Gasteiger partial charge is 0.264 e. The Morgan fingerprint density at radius 3 is 2.05 bits per heavy atom. The maximum Gasteiger partial charge on any atom is 0.264 e. The number of amides is 2. The molecule has 0 aliphatic heterocycles. The van der Waals surface area contributed by atoms with Crippen molar-refractivity contribution >= 4 is 55.1 Å². The molecule has 0 aromatic heterocycles. The van der Waals surface area contributed by atoms with Gasteiger partial charge in [-0.2, -0.15) is 0 Å². The van der Waals surface area contributed by atoms with Gasteiger partial charge in [-0.15, -0.1) is 0 Å². The van der Waals surface area contributed by atoms with Crippen LogP contribution in [-0.2, 0) is 26.2 Å². The van der Waals surface area contributed by atoms with E-state index in [1.54, 1.807) is 60.7 Å². The summed E-state index contributed by atoms with van der Waals surface area (Å²) in [6.07, 6.45) is 0.338. The standard InChI is InChI=1S/C30H35BrClN3O4S/c1-6-27(29(37)33-30(3,4)5)34(19-22-9-13-24(32)14-10-22)28(36)20-35(25-15-11-23(31)12-16-25)40(38,39)26-17-7-21(2)8-18-26/h7-18,27H,6,19-20H2,1-5H3,(H,33,37)/t27-/m0/s1. The number of anilines is 1. The Kier molecular flexibility index (Phi) is 10.4. The fourth-order valence-electron chi connectivity index (χ4n) is 4.13. The predicted octanol–water partition coefficient (Wildman–Crippen LogP) is 6.33. The number of nitrogens with zero attached hydrogens (tertiary/aromatic N) is 2. The van der Waals surface area contributed by atoms with Crippen molar-refractivity contribution in [1.82, 2.24) is 10.2 Å². The lowest BCUT2D eigenvalue weighted by molar-refractivity contribution is -0.141. The van der Waals surface area contributed by atoms with E-state index >= 15 is 0 Å². The topological polar surface area (TPSA) is 86.8 Å². The number of carbonyl (C=O) groups is 2. The summed E-state index contributed by atoms with van der Waals surface area (Å²) in [5.41, 5.74) is 1.49. The molecule has 214 valence electrons. The second-order valence-corrected chi connectivity index (χ2v) is 13.8. The molecule has 3 aromatic carbocycles. The fraction of sp³-hybridized carbons (Fsp3) is 0.333. The van der Waals surface area contributed by atoms with E-state index in [0.29, 0.717) is 17.1 Å². The van der Waals surface area contributed by atoms with Gasteiger partial charge in [-0.1, -0.05) is 64.3 Å². The van der Waals surface area contributed by atoms with Crippen LogP contribution in [0, 0.1) is 6.92 Å². The highest BCUT2D eigenvalue weighted by atomic mass is 79.9. The zero-order valence-corrected chi connectivity index (χ0v) is 26.5. The number of sulfonamides is 1. The van der Waals surface area contributed by atoms with Crippen molar-refractivity contribution < 1.29 is 18.0 Å². The fourth-order valence-corrected chi connectivity index (χ4v) is 5.94. The molecule has 0 unspecified atom stereocenters. The largest absolute Gasteiger partial charge is 0.350 e. The molecule has 10 heteroatoms. The zero-order valence-electron chi connectivity index (χ0n) is 23.3. The minimum Gasteiger partial charge on any atom is -0.350 e. The van der Waals surface area contributed by atoms with Gasteiger partial charge < -0.3 is 10.2 Å². The average molecular weight is 649 g/mol. The summed E-state index contributed by atoms with van der Waals surface area (Å²) in [6, 6.07) is 19.4. The molecule has 3 aromatic rings. The molecule has 1 atom stereocenters. The highest BCUT2D eigenvalue weighted by Gasteiger charge is 2.34. The second-order valence-electron chi connectivity index (χ2n) is 10.6. The minimum atomic E-state index is -4.12. The Morgan fingerprint density at radius 2 is 1.52 bits per heavy atom. The highest BCUT2D eigenvalue weighted by Crippen LogP contribution is 2.27. The van der Waals surface area contributed by atoms with E-state index in [9.17, 15) is 18.0 Å². The molecular weight excluding hydrogens is 614 g/mol. The Morgan fingerprint density at radius 1 is 0.950 bits per heavy atom. The number of hydrogen-bond acceptors (Lipinski definition) is 4. The predicted molar refractivity (Wildman–Crippen MR) is 164 cm³/mol. The van der Waals surface area contributed by atoms with Crippen LogP contribution in [0.15, 0.2) is 82.2 Å². The Hall–Kier alpha value is -2.88. The summed E-state index contributed by atoms with van der Waals surface area (Å²) in [5, 5.41) is 3.51. The first-order valence-electron chi connectivity index (χ1n) is 12.9. The van der Waals surface area contributed by atoms with Gasteiger partial charge in [0.05, 0.1) is 10.6 Å². The first-order valence-corrected chi connectivity index (χ1v) is 15.5. The van der Waals surface area contributed by atoms with Gasteiger partial charge in [-0.05, 0) is 88.2 Å². The number of halogens is 2. The molecule has 0 heterocycles. The van der Waals surface area contributed by atoms with Crippen LogP contribution < -0.4 is 9.62 Å². The van der Waals surface area contributed by atoms with Crippen LogP contribution in [-0.4, -0.2) is 43.3 Å². The van der Waals surface area contributed by atoms with Gasteiger partial charge in [-0.3, -0.25) is 13.9 Å².